The van der Waals surface area contributed by atoms with Crippen LogP contribution in [0.2, 0.25) is 0 Å². The number of hydrogen-bond donors (Lipinski definition) is 1. The van der Waals surface area contributed by atoms with E-state index in [-0.39, 0.29) is 11.9 Å². The highest BCUT2D eigenvalue weighted by Gasteiger charge is 2.20. The third kappa shape index (κ3) is 4.34. The zero-order valence-electron chi connectivity index (χ0n) is 24.6. The largest absolute Gasteiger partial charge is 0.374 e. The molecular weight excluding hydrogens is 569 g/mol. The molecule has 4 aromatic carbocycles. The third-order valence-electron chi connectivity index (χ3n) is 8.86. The average Bonchev–Trinajstić information content (AvgIpc) is 3.45. The van der Waals surface area contributed by atoms with Crippen molar-refractivity contribution in [3.8, 4) is 5.82 Å². The van der Waals surface area contributed by atoms with Gasteiger partial charge in [0, 0.05) is 41.3 Å². The van der Waals surface area contributed by atoms with Crippen LogP contribution in [0.3, 0.4) is 0 Å². The fraction of sp³-hybridized carbons (Fsp3) is 0.0250. The topological polar surface area (TPSA) is 55.6 Å². The molecule has 0 saturated heterocycles. The number of nitrogens with one attached hydrogen (secondary N) is 1. The van der Waals surface area contributed by atoms with Crippen LogP contribution in [-0.4, -0.2) is 19.5 Å². The van der Waals surface area contributed by atoms with Gasteiger partial charge in [-0.1, -0.05) is 66.7 Å². The Bertz CT molecular complexity index is 2510. The Morgan fingerprint density at radius 1 is 0.652 bits per heavy atom. The highest BCUT2D eigenvalue weighted by molar-refractivity contribution is 6.08. The van der Waals surface area contributed by atoms with Gasteiger partial charge in [0.15, 0.2) is 0 Å². The summed E-state index contributed by atoms with van der Waals surface area (Å²) in [5, 5.41) is 9.63. The molecule has 1 N–H and O–H groups in total. The number of aromatic nitrogens is 4. The number of pyridine rings is 3. The Hall–Kier alpha value is -6.14. The molecule has 0 spiro atoms. The van der Waals surface area contributed by atoms with Crippen LogP contribution in [0.15, 0.2) is 146 Å². The molecule has 6 heteroatoms. The van der Waals surface area contributed by atoms with Crippen LogP contribution in [0.1, 0.15) is 22.7 Å². The van der Waals surface area contributed by atoms with E-state index in [4.69, 9.17) is 4.98 Å². The molecule has 9 rings (SSSR count). The van der Waals surface area contributed by atoms with Crippen LogP contribution in [0.5, 0.6) is 0 Å². The number of dihydropyridines is 1. The van der Waals surface area contributed by atoms with E-state index >= 15 is 0 Å². The molecule has 8 aromatic rings. The van der Waals surface area contributed by atoms with Gasteiger partial charge in [-0.2, -0.15) is 0 Å². The second-order valence-corrected chi connectivity index (χ2v) is 11.6. The molecule has 218 valence electrons. The summed E-state index contributed by atoms with van der Waals surface area (Å²) >= 11 is 0. The SMILES string of the molecule is Fc1cnc2c3ccccc3n(-c3ccc(C4=CC(c5ccncc5)NC(c5ccc6c(ccc7ccccc76)c5)=C4)cn3)c2c1. The number of nitrogens with zero attached hydrogens (tertiary/aromatic N) is 4. The van der Waals surface area contributed by atoms with Gasteiger partial charge in [0.25, 0.3) is 0 Å². The van der Waals surface area contributed by atoms with Crippen molar-refractivity contribution in [3.05, 3.63) is 169 Å². The lowest BCUT2D eigenvalue weighted by Crippen LogP contribution is -2.21. The minimum Gasteiger partial charge on any atom is -0.374 e. The first kappa shape index (κ1) is 26.3. The van der Waals surface area contributed by atoms with Crippen LogP contribution < -0.4 is 5.32 Å². The molecule has 0 bridgehead atoms. The Morgan fingerprint density at radius 3 is 2.30 bits per heavy atom. The van der Waals surface area contributed by atoms with E-state index in [0.29, 0.717) is 11.3 Å². The van der Waals surface area contributed by atoms with Gasteiger partial charge in [0.05, 0.1) is 28.8 Å². The molecule has 0 amide bonds. The minimum atomic E-state index is -0.380. The fourth-order valence-electron chi connectivity index (χ4n) is 6.65. The third-order valence-corrected chi connectivity index (χ3v) is 8.86. The summed E-state index contributed by atoms with van der Waals surface area (Å²) in [5.41, 5.74) is 7.67. The van der Waals surface area contributed by atoms with Gasteiger partial charge in [0.2, 0.25) is 0 Å². The van der Waals surface area contributed by atoms with E-state index in [1.165, 1.54) is 33.8 Å². The molecule has 5 nitrogen and oxygen atoms in total. The Balaban J connectivity index is 1.15. The molecule has 1 atom stereocenters. The fourth-order valence-corrected chi connectivity index (χ4v) is 6.65. The zero-order chi connectivity index (χ0) is 30.6. The molecule has 0 aliphatic carbocycles. The molecule has 5 heterocycles. The molecule has 1 aliphatic heterocycles. The summed E-state index contributed by atoms with van der Waals surface area (Å²) < 4.78 is 16.3. The maximum Gasteiger partial charge on any atom is 0.143 e. The molecular formula is C40H26FN5. The predicted molar refractivity (Wildman–Crippen MR) is 184 cm³/mol. The van der Waals surface area contributed by atoms with Crippen molar-refractivity contribution in [3.63, 3.8) is 0 Å². The first-order chi connectivity index (χ1) is 22.7. The van der Waals surface area contributed by atoms with Crippen molar-refractivity contribution in [1.29, 1.82) is 0 Å². The smallest absolute Gasteiger partial charge is 0.143 e. The Labute approximate surface area is 264 Å². The average molecular weight is 596 g/mol. The van der Waals surface area contributed by atoms with E-state index in [0.717, 1.165) is 44.4 Å². The summed E-state index contributed by atoms with van der Waals surface area (Å²) in [6.45, 7) is 0. The second kappa shape index (κ2) is 10.5. The van der Waals surface area contributed by atoms with Crippen LogP contribution in [0.4, 0.5) is 4.39 Å². The van der Waals surface area contributed by atoms with Gasteiger partial charge < -0.3 is 5.32 Å². The lowest BCUT2D eigenvalue weighted by molar-refractivity contribution is 0.624. The van der Waals surface area contributed by atoms with E-state index < -0.39 is 0 Å². The number of benzene rings is 4. The molecule has 46 heavy (non-hydrogen) atoms. The first-order valence-electron chi connectivity index (χ1n) is 15.2. The van der Waals surface area contributed by atoms with E-state index in [1.54, 1.807) is 0 Å². The van der Waals surface area contributed by atoms with E-state index in [1.807, 2.05) is 65.6 Å². The predicted octanol–water partition coefficient (Wildman–Crippen LogP) is 9.18. The maximum atomic E-state index is 14.4. The van der Waals surface area contributed by atoms with Crippen LogP contribution >= 0.6 is 0 Å². The summed E-state index contributed by atoms with van der Waals surface area (Å²) in [7, 11) is 0. The lowest BCUT2D eigenvalue weighted by atomic mass is 9.93. The minimum absolute atomic E-state index is 0.0589. The standard InChI is InChI=1S/C40H26FN5/c41-31-22-38-40(44-24-31)34-7-3-4-8-37(34)46(38)39-14-12-29(23-43-39)30-20-35(26-15-17-42-18-16-26)45-36(21-30)28-11-13-33-27(19-28)10-9-25-5-1-2-6-32(25)33/h1-24,35,45H. The summed E-state index contributed by atoms with van der Waals surface area (Å²) in [4.78, 5) is 13.5. The van der Waals surface area contributed by atoms with Crippen LogP contribution in [0, 0.1) is 5.82 Å². The number of allylic oxidation sites excluding steroid dienone is 2. The van der Waals surface area contributed by atoms with Gasteiger partial charge >= 0.3 is 0 Å². The van der Waals surface area contributed by atoms with Gasteiger partial charge in [-0.05, 0) is 86.8 Å². The molecule has 0 saturated carbocycles. The number of hydrogen-bond acceptors (Lipinski definition) is 4. The summed E-state index contributed by atoms with van der Waals surface area (Å²) in [6.07, 6.45) is 11.2. The van der Waals surface area contributed by atoms with Crippen LogP contribution in [-0.2, 0) is 0 Å². The van der Waals surface area contributed by atoms with Crippen molar-refractivity contribution in [2.75, 3.05) is 0 Å². The van der Waals surface area contributed by atoms with Crippen molar-refractivity contribution in [2.24, 2.45) is 0 Å². The lowest BCUT2D eigenvalue weighted by Gasteiger charge is -2.26. The van der Waals surface area contributed by atoms with Gasteiger partial charge in [-0.15, -0.1) is 0 Å². The van der Waals surface area contributed by atoms with Crippen molar-refractivity contribution < 1.29 is 4.39 Å². The second-order valence-electron chi connectivity index (χ2n) is 11.6. The Morgan fingerprint density at radius 2 is 1.43 bits per heavy atom. The van der Waals surface area contributed by atoms with E-state index in [2.05, 4.69) is 88.1 Å². The maximum absolute atomic E-state index is 14.4. The summed E-state index contributed by atoms with van der Waals surface area (Å²) in [5.74, 6) is 0.322. The van der Waals surface area contributed by atoms with Gasteiger partial charge in [-0.3, -0.25) is 14.5 Å². The van der Waals surface area contributed by atoms with Crippen molar-refractivity contribution >= 4 is 54.8 Å². The number of halogens is 1. The molecule has 0 radical (unpaired) electrons. The zero-order valence-corrected chi connectivity index (χ0v) is 24.6. The number of rotatable bonds is 4. The van der Waals surface area contributed by atoms with Crippen molar-refractivity contribution in [2.45, 2.75) is 6.04 Å². The molecule has 1 aliphatic rings. The molecule has 0 fully saturated rings. The monoisotopic (exact) mass is 595 g/mol. The first-order valence-corrected chi connectivity index (χ1v) is 15.2. The van der Waals surface area contributed by atoms with Gasteiger partial charge in [0.1, 0.15) is 11.6 Å². The summed E-state index contributed by atoms with van der Waals surface area (Å²) in [6, 6.07) is 37.1. The Kier molecular flexibility index (Phi) is 5.99. The number of para-hydroxylation sites is 1. The normalized spacial score (nSPS) is 14.8. The molecule has 4 aromatic heterocycles. The van der Waals surface area contributed by atoms with E-state index in [9.17, 15) is 4.39 Å². The van der Waals surface area contributed by atoms with Gasteiger partial charge in [-0.25, -0.2) is 9.37 Å². The number of fused-ring (bicyclic) bond motifs is 6. The highest BCUT2D eigenvalue weighted by atomic mass is 19.1. The highest BCUT2D eigenvalue weighted by Crippen LogP contribution is 2.35. The van der Waals surface area contributed by atoms with Crippen LogP contribution in [0.25, 0.3) is 60.6 Å². The molecule has 1 unspecified atom stereocenters. The van der Waals surface area contributed by atoms with Crippen molar-refractivity contribution in [1.82, 2.24) is 24.8 Å². The quantitative estimate of drug-likeness (QED) is 0.206.